The molecule has 0 saturated carbocycles. The van der Waals surface area contributed by atoms with Crippen molar-refractivity contribution in [1.29, 1.82) is 0 Å². The number of carbonyl (C=O) groups is 3. The van der Waals surface area contributed by atoms with Crippen LogP contribution in [-0.4, -0.2) is 37.2 Å². The molecular formula is C53H98O6. The van der Waals surface area contributed by atoms with Crippen LogP contribution in [0.4, 0.5) is 0 Å². The van der Waals surface area contributed by atoms with E-state index in [2.05, 4.69) is 45.1 Å². The first-order valence-electron chi connectivity index (χ1n) is 25.9. The van der Waals surface area contributed by atoms with Gasteiger partial charge in [-0.05, 0) is 44.9 Å². The van der Waals surface area contributed by atoms with Gasteiger partial charge in [0.15, 0.2) is 6.10 Å². The maximum atomic E-state index is 12.7. The molecule has 0 aromatic heterocycles. The van der Waals surface area contributed by atoms with Crippen molar-refractivity contribution in [2.75, 3.05) is 13.2 Å². The second kappa shape index (κ2) is 48.6. The van der Waals surface area contributed by atoms with Gasteiger partial charge in [0.1, 0.15) is 13.2 Å². The standard InChI is InChI=1S/C53H98O6/c1-4-7-10-13-16-19-22-24-25-26-27-28-29-30-32-34-37-40-43-46-52(55)58-49-50(48-57-51(54)45-42-39-36-33-21-18-15-12-9-6-3)59-53(56)47-44-41-38-35-31-23-20-17-14-11-8-5-2/h16,19,22,24,50H,4-15,17-18,20-21,23,25-49H2,1-3H3/b19-16-,24-22-. The number of esters is 3. The van der Waals surface area contributed by atoms with Crippen LogP contribution in [0, 0.1) is 0 Å². The van der Waals surface area contributed by atoms with Gasteiger partial charge in [0.25, 0.3) is 0 Å². The number of hydrogen-bond acceptors (Lipinski definition) is 6. The average molecular weight is 831 g/mol. The molecule has 6 nitrogen and oxygen atoms in total. The van der Waals surface area contributed by atoms with E-state index in [1.807, 2.05) is 0 Å². The molecule has 0 amide bonds. The molecule has 0 spiro atoms. The molecule has 0 aliphatic heterocycles. The van der Waals surface area contributed by atoms with Crippen molar-refractivity contribution >= 4 is 17.9 Å². The molecule has 0 aromatic carbocycles. The van der Waals surface area contributed by atoms with Gasteiger partial charge < -0.3 is 14.2 Å². The van der Waals surface area contributed by atoms with Crippen LogP contribution in [0.2, 0.25) is 0 Å². The van der Waals surface area contributed by atoms with Crippen molar-refractivity contribution < 1.29 is 28.6 Å². The molecule has 0 N–H and O–H groups in total. The van der Waals surface area contributed by atoms with E-state index in [4.69, 9.17) is 14.2 Å². The van der Waals surface area contributed by atoms with E-state index in [0.29, 0.717) is 19.3 Å². The normalized spacial score (nSPS) is 12.1. The lowest BCUT2D eigenvalue weighted by Gasteiger charge is -2.18. The third-order valence-corrected chi connectivity index (χ3v) is 11.5. The third kappa shape index (κ3) is 46.8. The Morgan fingerprint density at radius 1 is 0.339 bits per heavy atom. The lowest BCUT2D eigenvalue weighted by Crippen LogP contribution is -2.30. The van der Waals surface area contributed by atoms with Gasteiger partial charge in [-0.3, -0.25) is 14.4 Å². The van der Waals surface area contributed by atoms with Gasteiger partial charge in [0.2, 0.25) is 0 Å². The lowest BCUT2D eigenvalue weighted by molar-refractivity contribution is -0.167. The Hall–Kier alpha value is -2.11. The molecule has 0 aromatic rings. The Labute approximate surface area is 366 Å². The summed E-state index contributed by atoms with van der Waals surface area (Å²) in [5.41, 5.74) is 0. The van der Waals surface area contributed by atoms with Gasteiger partial charge in [-0.25, -0.2) is 0 Å². The number of unbranched alkanes of at least 4 members (excludes halogenated alkanes) is 33. The van der Waals surface area contributed by atoms with Gasteiger partial charge >= 0.3 is 17.9 Å². The predicted octanol–water partition coefficient (Wildman–Crippen LogP) is 16.8. The van der Waals surface area contributed by atoms with Crippen molar-refractivity contribution in [1.82, 2.24) is 0 Å². The highest BCUT2D eigenvalue weighted by Gasteiger charge is 2.19. The Bertz CT molecular complexity index is 958. The van der Waals surface area contributed by atoms with Gasteiger partial charge in [0.05, 0.1) is 0 Å². The molecular weight excluding hydrogens is 733 g/mol. The first kappa shape index (κ1) is 56.9. The molecule has 0 radical (unpaired) electrons. The number of allylic oxidation sites excluding steroid dienone is 4. The summed E-state index contributed by atoms with van der Waals surface area (Å²) in [6, 6.07) is 0. The Balaban J connectivity index is 4.27. The highest BCUT2D eigenvalue weighted by molar-refractivity contribution is 5.71. The Kier molecular flexibility index (Phi) is 46.8. The van der Waals surface area contributed by atoms with Crippen molar-refractivity contribution in [3.8, 4) is 0 Å². The van der Waals surface area contributed by atoms with E-state index in [9.17, 15) is 14.4 Å². The van der Waals surface area contributed by atoms with Crippen molar-refractivity contribution in [3.05, 3.63) is 24.3 Å². The summed E-state index contributed by atoms with van der Waals surface area (Å²) in [7, 11) is 0. The third-order valence-electron chi connectivity index (χ3n) is 11.5. The zero-order chi connectivity index (χ0) is 43.0. The molecule has 346 valence electrons. The predicted molar refractivity (Wildman–Crippen MR) is 252 cm³/mol. The second-order valence-electron chi connectivity index (χ2n) is 17.5. The molecule has 0 bridgehead atoms. The molecule has 0 heterocycles. The van der Waals surface area contributed by atoms with E-state index in [1.165, 1.54) is 180 Å². The summed E-state index contributed by atoms with van der Waals surface area (Å²) in [5, 5.41) is 0. The molecule has 0 fully saturated rings. The molecule has 1 unspecified atom stereocenters. The minimum absolute atomic E-state index is 0.0675. The first-order chi connectivity index (χ1) is 29.0. The van der Waals surface area contributed by atoms with E-state index in [1.54, 1.807) is 0 Å². The van der Waals surface area contributed by atoms with Gasteiger partial charge in [-0.2, -0.15) is 0 Å². The van der Waals surface area contributed by atoms with Crippen LogP contribution in [0.3, 0.4) is 0 Å². The fourth-order valence-electron chi connectivity index (χ4n) is 7.55. The highest BCUT2D eigenvalue weighted by Crippen LogP contribution is 2.16. The monoisotopic (exact) mass is 831 g/mol. The van der Waals surface area contributed by atoms with Crippen molar-refractivity contribution in [2.45, 2.75) is 284 Å². The molecule has 0 rings (SSSR count). The first-order valence-corrected chi connectivity index (χ1v) is 25.9. The maximum Gasteiger partial charge on any atom is 0.306 e. The smallest absolute Gasteiger partial charge is 0.306 e. The highest BCUT2D eigenvalue weighted by atomic mass is 16.6. The summed E-state index contributed by atoms with van der Waals surface area (Å²) in [5.74, 6) is -0.860. The average Bonchev–Trinajstić information content (AvgIpc) is 3.23. The van der Waals surface area contributed by atoms with Crippen LogP contribution in [-0.2, 0) is 28.6 Å². The summed E-state index contributed by atoms with van der Waals surface area (Å²) >= 11 is 0. The minimum atomic E-state index is -0.765. The second-order valence-corrected chi connectivity index (χ2v) is 17.5. The number of rotatable bonds is 47. The largest absolute Gasteiger partial charge is 0.462 e. The quantitative estimate of drug-likeness (QED) is 0.0263. The van der Waals surface area contributed by atoms with Crippen LogP contribution in [0.15, 0.2) is 24.3 Å². The summed E-state index contributed by atoms with van der Waals surface area (Å²) in [6.45, 7) is 6.62. The fraction of sp³-hybridized carbons (Fsp3) is 0.868. The Morgan fingerprint density at radius 2 is 0.593 bits per heavy atom. The molecule has 6 heteroatoms. The van der Waals surface area contributed by atoms with Gasteiger partial charge in [-0.15, -0.1) is 0 Å². The SMILES string of the molecule is CCCCC/C=C\C=C/CCCCCCCCCCCCC(=O)OCC(COC(=O)CCCCCCCCCCCC)OC(=O)CCCCCCCCCCCCCC. The molecule has 0 saturated heterocycles. The van der Waals surface area contributed by atoms with Crippen molar-refractivity contribution in [2.24, 2.45) is 0 Å². The minimum Gasteiger partial charge on any atom is -0.462 e. The lowest BCUT2D eigenvalue weighted by atomic mass is 10.0. The number of ether oxygens (including phenoxy) is 3. The number of carbonyl (C=O) groups excluding carboxylic acids is 3. The zero-order valence-electron chi connectivity index (χ0n) is 39.5. The van der Waals surface area contributed by atoms with Crippen LogP contribution < -0.4 is 0 Å². The van der Waals surface area contributed by atoms with Gasteiger partial charge in [0, 0.05) is 19.3 Å². The van der Waals surface area contributed by atoms with E-state index in [-0.39, 0.29) is 31.1 Å². The summed E-state index contributed by atoms with van der Waals surface area (Å²) in [6.07, 6.45) is 54.4. The van der Waals surface area contributed by atoms with Crippen LogP contribution >= 0.6 is 0 Å². The van der Waals surface area contributed by atoms with Crippen LogP contribution in [0.5, 0.6) is 0 Å². The van der Waals surface area contributed by atoms with E-state index < -0.39 is 6.10 Å². The van der Waals surface area contributed by atoms with E-state index >= 15 is 0 Å². The molecule has 0 aliphatic carbocycles. The molecule has 0 aliphatic rings. The maximum absolute atomic E-state index is 12.7. The van der Waals surface area contributed by atoms with Crippen molar-refractivity contribution in [3.63, 3.8) is 0 Å². The van der Waals surface area contributed by atoms with Gasteiger partial charge in [-0.1, -0.05) is 238 Å². The Morgan fingerprint density at radius 3 is 0.932 bits per heavy atom. The molecule has 59 heavy (non-hydrogen) atoms. The summed E-state index contributed by atoms with van der Waals surface area (Å²) < 4.78 is 16.8. The van der Waals surface area contributed by atoms with Crippen LogP contribution in [0.1, 0.15) is 278 Å². The number of hydrogen-bond donors (Lipinski definition) is 0. The molecule has 1 atom stereocenters. The summed E-state index contributed by atoms with van der Waals surface area (Å²) in [4.78, 5) is 37.9. The van der Waals surface area contributed by atoms with E-state index in [0.717, 1.165) is 57.8 Å². The topological polar surface area (TPSA) is 78.9 Å². The zero-order valence-corrected chi connectivity index (χ0v) is 39.5. The van der Waals surface area contributed by atoms with Crippen LogP contribution in [0.25, 0.3) is 0 Å². The fourth-order valence-corrected chi connectivity index (χ4v) is 7.55.